The van der Waals surface area contributed by atoms with Gasteiger partial charge in [-0.3, -0.25) is 0 Å². The van der Waals surface area contributed by atoms with E-state index in [1.165, 1.54) is 0 Å². The quantitative estimate of drug-likeness (QED) is 0.0898. The molecule has 3 fully saturated rings. The van der Waals surface area contributed by atoms with Crippen molar-refractivity contribution in [3.63, 3.8) is 0 Å². The molecule has 16 rings (SSSR count). The molecular formula is C76H53BrCl12N8O4Zn. The summed E-state index contributed by atoms with van der Waals surface area (Å²) in [6, 6.07) is 27.3. The minimum atomic E-state index is -0.104. The Kier molecular flexibility index (Phi) is 21.0. The third-order valence-corrected chi connectivity index (χ3v) is 25.0. The van der Waals surface area contributed by atoms with E-state index < -0.39 is 0 Å². The Morgan fingerprint density at radius 2 is 0.598 bits per heavy atom. The summed E-state index contributed by atoms with van der Waals surface area (Å²) >= 11 is 94.9. The van der Waals surface area contributed by atoms with E-state index in [1.807, 2.05) is 80.6 Å². The first-order chi connectivity index (χ1) is 48.8. The summed E-state index contributed by atoms with van der Waals surface area (Å²) in [5.41, 5.74) is 4.64. The summed E-state index contributed by atoms with van der Waals surface area (Å²) in [6.45, 7) is 3.77. The van der Waals surface area contributed by atoms with Crippen LogP contribution in [0.1, 0.15) is 142 Å². The number of nitrogens with zero attached hydrogens (tertiary/aromatic N) is 8. The van der Waals surface area contributed by atoms with Gasteiger partial charge in [-0.1, -0.05) is 268 Å². The molecule has 0 saturated heterocycles. The standard InChI is InChI=1S/C76H53BrCl12N8O4.Zn/c1-32-30-37(77)31-33(2)64(32)101-68-59(85)51-47(55(81)63(68)89)70-90-69-44-49(57(83)66(60(86)52(44)78)99-42-28-16-13-25-39(42)35-20-8-4-9-21-35)74(91-69)97-75-50-46(54(80)62(88)67(58(50)84)100-43-29-17-14-26-40(43)36-22-10-5-11-23-36)71(95-75)93-73-48-45(72(94-73)96-76(51)92-70)53(79)61(87)65(56(48)82)98-41-27-15-12-24-38(41)34-18-6-3-7-19-34;/h12-17,24-31,34-36H,3-11,18-23H2,1-2H3;/q-2;+2. The second-order valence-corrected chi connectivity index (χ2v) is 31.4. The van der Waals surface area contributed by atoms with Gasteiger partial charge in [0.15, 0.2) is 23.0 Å². The van der Waals surface area contributed by atoms with E-state index in [2.05, 4.69) is 34.1 Å². The Hall–Kier alpha value is -5.10. The summed E-state index contributed by atoms with van der Waals surface area (Å²) in [7, 11) is 0. The van der Waals surface area contributed by atoms with E-state index >= 15 is 0 Å². The van der Waals surface area contributed by atoms with Gasteiger partial charge < -0.3 is 48.9 Å². The molecule has 3 saturated carbocycles. The minimum Gasteiger partial charge on any atom is -0.454 e. The van der Waals surface area contributed by atoms with Gasteiger partial charge in [-0.15, -0.1) is 0 Å². The monoisotopic (exact) mass is 1700 g/mol. The van der Waals surface area contributed by atoms with Crippen LogP contribution in [0.3, 0.4) is 0 Å². The predicted molar refractivity (Wildman–Crippen MR) is 415 cm³/mol. The fourth-order valence-electron chi connectivity index (χ4n) is 15.0. The Balaban J connectivity index is 0.00000841. The normalized spacial score (nSPS) is 15.0. The van der Waals surface area contributed by atoms with Gasteiger partial charge in [0.1, 0.15) is 43.1 Å². The zero-order valence-electron chi connectivity index (χ0n) is 54.3. The number of para-hydroxylation sites is 3. The molecule has 3 aromatic heterocycles. The summed E-state index contributed by atoms with van der Waals surface area (Å²) in [5, 5.41) is -0.0888. The summed E-state index contributed by atoms with van der Waals surface area (Å²) in [6.07, 6.45) is 15.8. The van der Waals surface area contributed by atoms with Gasteiger partial charge in [0.05, 0.1) is 63.5 Å². The van der Waals surface area contributed by atoms with Crippen LogP contribution >= 0.6 is 155 Å². The maximum absolute atomic E-state index is 7.81. The maximum atomic E-state index is 7.81. The molecule has 3 aliphatic carbocycles. The molecule has 2 aliphatic heterocycles. The number of hydrogen-bond donors (Lipinski definition) is 0. The summed E-state index contributed by atoms with van der Waals surface area (Å²) < 4.78 is 28.2. The van der Waals surface area contributed by atoms with Crippen molar-refractivity contribution in [2.24, 2.45) is 0 Å². The topological polar surface area (TPSA) is 142 Å². The van der Waals surface area contributed by atoms with Gasteiger partial charge in [0.25, 0.3) is 0 Å². The van der Waals surface area contributed by atoms with Crippen LogP contribution in [0.25, 0.3) is 89.7 Å². The molecule has 514 valence electrons. The molecule has 0 atom stereocenters. The number of fused-ring (bicyclic) bond motifs is 20. The smallest absolute Gasteiger partial charge is 0.454 e. The fraction of sp³-hybridized carbons (Fsp3) is 0.263. The average Bonchev–Trinajstić information content (AvgIpc) is 1.56. The van der Waals surface area contributed by atoms with Gasteiger partial charge in [0, 0.05) is 70.9 Å². The number of benzene rings is 8. The zero-order chi connectivity index (χ0) is 70.0. The molecule has 5 aliphatic rings. The molecule has 0 spiro atoms. The first kappa shape index (κ1) is 72.5. The number of rotatable bonds is 11. The minimum absolute atomic E-state index is 0. The van der Waals surface area contributed by atoms with Crippen molar-refractivity contribution in [1.82, 2.24) is 39.9 Å². The molecule has 11 aromatic rings. The molecular weight excluding hydrogens is 1660 g/mol. The van der Waals surface area contributed by atoms with E-state index in [0.29, 0.717) is 23.0 Å². The molecule has 102 heavy (non-hydrogen) atoms. The van der Waals surface area contributed by atoms with Crippen LogP contribution < -0.4 is 28.9 Å². The van der Waals surface area contributed by atoms with E-state index in [9.17, 15) is 0 Å². The second-order valence-electron chi connectivity index (χ2n) is 26.0. The van der Waals surface area contributed by atoms with Gasteiger partial charge in [-0.2, -0.15) is 0 Å². The SMILES string of the molecule is Cc1cc(Br)cc(C)c1Oc1c(Cl)c(Cl)c2c(c1Cl)-c1nc-2nc2[n-]c(nc3nc(nc4[n-]c(n1)c1c(Cl)c(Cl)c(Oc5ccccc5C5CCCCC5)c(Cl)c41)-c1c(Cl)c(Cl)c(Oc4ccccc4C4CCCCC4)c(Cl)c1-3)c1c(Cl)c(Oc3ccccc3C3CCCCC3)c(Cl)c(Cl)c21.[Zn+2]. The van der Waals surface area contributed by atoms with Crippen molar-refractivity contribution in [1.29, 1.82) is 0 Å². The van der Waals surface area contributed by atoms with Crippen LogP contribution in [0.15, 0.2) is 89.4 Å². The number of hydrogen-bond acceptors (Lipinski definition) is 10. The van der Waals surface area contributed by atoms with Gasteiger partial charge in [-0.05, 0) is 128 Å². The Morgan fingerprint density at radius 1 is 0.324 bits per heavy atom. The van der Waals surface area contributed by atoms with E-state index in [0.717, 1.165) is 129 Å². The molecule has 26 heteroatoms. The van der Waals surface area contributed by atoms with Crippen LogP contribution in [0, 0.1) is 13.8 Å². The first-order valence-corrected chi connectivity index (χ1v) is 38.4. The van der Waals surface area contributed by atoms with Gasteiger partial charge in [0.2, 0.25) is 0 Å². The second kappa shape index (κ2) is 29.6. The third kappa shape index (κ3) is 12.8. The molecule has 5 heterocycles. The maximum Gasteiger partial charge on any atom is 2.00 e. The zero-order valence-corrected chi connectivity index (χ0v) is 67.9. The van der Waals surface area contributed by atoms with E-state index in [-0.39, 0.29) is 210 Å². The Bertz CT molecular complexity index is 5490. The molecule has 0 amide bonds. The van der Waals surface area contributed by atoms with Crippen LogP contribution in [0.5, 0.6) is 46.0 Å². The average molecular weight is 1710 g/mol. The van der Waals surface area contributed by atoms with Crippen LogP contribution in [0.4, 0.5) is 0 Å². The van der Waals surface area contributed by atoms with Crippen molar-refractivity contribution >= 4 is 199 Å². The molecule has 0 N–H and O–H groups in total. The largest absolute Gasteiger partial charge is 2.00 e. The van der Waals surface area contributed by atoms with Gasteiger partial charge in [-0.25, -0.2) is 9.97 Å². The van der Waals surface area contributed by atoms with E-state index in [1.54, 1.807) is 0 Å². The molecule has 0 unspecified atom stereocenters. The third-order valence-electron chi connectivity index (χ3n) is 19.8. The fourth-order valence-corrected chi connectivity index (χ4v) is 19.1. The van der Waals surface area contributed by atoms with Crippen LogP contribution in [-0.4, -0.2) is 29.9 Å². The van der Waals surface area contributed by atoms with Crippen LogP contribution in [0.2, 0.25) is 60.3 Å². The van der Waals surface area contributed by atoms with Crippen LogP contribution in [-0.2, 0) is 19.5 Å². The van der Waals surface area contributed by atoms with Crippen molar-refractivity contribution in [2.45, 2.75) is 128 Å². The molecule has 8 bridgehead atoms. The summed E-state index contributed by atoms with van der Waals surface area (Å²) in [4.78, 5) is 41.6. The number of aryl methyl sites for hydroxylation is 2. The molecule has 0 radical (unpaired) electrons. The molecule has 12 nitrogen and oxygen atoms in total. The van der Waals surface area contributed by atoms with Crippen molar-refractivity contribution in [2.75, 3.05) is 0 Å². The first-order valence-electron chi connectivity index (χ1n) is 33.1. The predicted octanol–water partition coefficient (Wildman–Crippen LogP) is 28.7. The van der Waals surface area contributed by atoms with Crippen molar-refractivity contribution in [3.8, 4) is 91.5 Å². The Morgan fingerprint density at radius 3 is 0.931 bits per heavy atom. The Labute approximate surface area is 667 Å². The number of halogens is 13. The summed E-state index contributed by atoms with van der Waals surface area (Å²) in [5.74, 6) is 2.42. The number of ether oxygens (including phenoxy) is 4. The van der Waals surface area contributed by atoms with Crippen molar-refractivity contribution < 1.29 is 38.4 Å². The number of aromatic nitrogens is 8. The van der Waals surface area contributed by atoms with Gasteiger partial charge >= 0.3 is 19.5 Å². The van der Waals surface area contributed by atoms with Crippen molar-refractivity contribution in [3.05, 3.63) is 177 Å². The molecule has 8 aromatic carbocycles. The van der Waals surface area contributed by atoms with E-state index in [4.69, 9.17) is 198 Å².